The molecule has 0 saturated heterocycles. The van der Waals surface area contributed by atoms with Crippen molar-refractivity contribution in [3.05, 3.63) is 48.2 Å². The van der Waals surface area contributed by atoms with Gasteiger partial charge in [-0.3, -0.25) is 0 Å². The Kier molecular flexibility index (Phi) is 4.06. The zero-order chi connectivity index (χ0) is 14.8. The molecule has 0 amide bonds. The first-order valence-electron chi connectivity index (χ1n) is 5.98. The summed E-state index contributed by atoms with van der Waals surface area (Å²) in [6, 6.07) is 9.53. The van der Waals surface area contributed by atoms with Crippen LogP contribution in [0.15, 0.2) is 47.5 Å². The van der Waals surface area contributed by atoms with Crippen LogP contribution < -0.4 is 4.74 Å². The Morgan fingerprint density at radius 1 is 1.25 bits per heavy atom. The quantitative estimate of drug-likeness (QED) is 0.936. The van der Waals surface area contributed by atoms with E-state index in [1.165, 1.54) is 18.3 Å². The Morgan fingerprint density at radius 2 is 2.00 bits per heavy atom. The first-order chi connectivity index (χ1) is 9.36. The van der Waals surface area contributed by atoms with Crippen LogP contribution >= 0.6 is 0 Å². The van der Waals surface area contributed by atoms with E-state index >= 15 is 0 Å². The molecule has 2 aromatic rings. The second kappa shape index (κ2) is 5.60. The molecule has 0 aliphatic rings. The number of aromatic nitrogens is 1. The van der Waals surface area contributed by atoms with E-state index in [0.29, 0.717) is 17.2 Å². The van der Waals surface area contributed by atoms with Crippen LogP contribution in [0, 0.1) is 0 Å². The highest BCUT2D eigenvalue weighted by Crippen LogP contribution is 2.23. The number of hydrogen-bond acceptors (Lipinski definition) is 5. The minimum absolute atomic E-state index is 0.190. The number of rotatable bonds is 4. The highest BCUT2D eigenvalue weighted by Gasteiger charge is 2.09. The van der Waals surface area contributed by atoms with Gasteiger partial charge in [-0.1, -0.05) is 6.07 Å². The molecule has 1 atom stereocenters. The van der Waals surface area contributed by atoms with Crippen LogP contribution in [0.1, 0.15) is 18.6 Å². The molecule has 2 rings (SSSR count). The summed E-state index contributed by atoms with van der Waals surface area (Å²) in [5.41, 5.74) is 0.683. The maximum atomic E-state index is 11.5. The van der Waals surface area contributed by atoms with Crippen molar-refractivity contribution in [1.29, 1.82) is 0 Å². The molecule has 1 heterocycles. The van der Waals surface area contributed by atoms with E-state index in [2.05, 4.69) is 4.98 Å². The van der Waals surface area contributed by atoms with Gasteiger partial charge < -0.3 is 9.84 Å². The van der Waals surface area contributed by atoms with Gasteiger partial charge in [0.05, 0.1) is 11.0 Å². The van der Waals surface area contributed by atoms with E-state index < -0.39 is 15.9 Å². The fraction of sp³-hybridized carbons (Fsp3) is 0.214. The molecule has 0 spiro atoms. The van der Waals surface area contributed by atoms with Crippen molar-refractivity contribution in [3.63, 3.8) is 0 Å². The second-order valence-corrected chi connectivity index (χ2v) is 6.47. The minimum Gasteiger partial charge on any atom is -0.439 e. The Hall–Kier alpha value is -1.92. The molecule has 106 valence electrons. The molecular formula is C14H15NO4S. The topological polar surface area (TPSA) is 76.5 Å². The van der Waals surface area contributed by atoms with Gasteiger partial charge in [0.25, 0.3) is 0 Å². The number of ether oxygens (including phenoxy) is 1. The zero-order valence-corrected chi connectivity index (χ0v) is 12.0. The lowest BCUT2D eigenvalue weighted by molar-refractivity contribution is 0.198. The van der Waals surface area contributed by atoms with Gasteiger partial charge in [0.2, 0.25) is 5.88 Å². The lowest BCUT2D eigenvalue weighted by Crippen LogP contribution is -1.97. The average Bonchev–Trinajstić information content (AvgIpc) is 2.38. The van der Waals surface area contributed by atoms with E-state index in [9.17, 15) is 13.5 Å². The lowest BCUT2D eigenvalue weighted by atomic mass is 10.2. The average molecular weight is 293 g/mol. The van der Waals surface area contributed by atoms with Crippen LogP contribution in [0.3, 0.4) is 0 Å². The van der Waals surface area contributed by atoms with E-state index in [-0.39, 0.29) is 4.90 Å². The van der Waals surface area contributed by atoms with Crippen LogP contribution in [-0.2, 0) is 9.84 Å². The fourth-order valence-corrected chi connectivity index (χ4v) is 2.24. The maximum Gasteiger partial charge on any atom is 0.219 e. The minimum atomic E-state index is -3.27. The predicted octanol–water partition coefficient (Wildman–Crippen LogP) is 2.33. The van der Waals surface area contributed by atoms with E-state index in [1.807, 2.05) is 0 Å². The van der Waals surface area contributed by atoms with Crippen LogP contribution in [-0.4, -0.2) is 24.8 Å². The van der Waals surface area contributed by atoms with Crippen LogP contribution in [0.5, 0.6) is 11.6 Å². The summed E-state index contributed by atoms with van der Waals surface area (Å²) in [7, 11) is -3.27. The van der Waals surface area contributed by atoms with Crippen molar-refractivity contribution in [2.75, 3.05) is 6.26 Å². The van der Waals surface area contributed by atoms with Crippen molar-refractivity contribution in [2.45, 2.75) is 17.9 Å². The Balaban J connectivity index is 2.22. The van der Waals surface area contributed by atoms with E-state index in [4.69, 9.17) is 4.74 Å². The largest absolute Gasteiger partial charge is 0.439 e. The van der Waals surface area contributed by atoms with Crippen molar-refractivity contribution >= 4 is 9.84 Å². The number of pyridine rings is 1. The summed E-state index contributed by atoms with van der Waals surface area (Å²) in [5, 5.41) is 9.38. The molecule has 1 aromatic heterocycles. The highest BCUT2D eigenvalue weighted by atomic mass is 32.2. The number of benzene rings is 1. The smallest absolute Gasteiger partial charge is 0.219 e. The van der Waals surface area contributed by atoms with Crippen LogP contribution in [0.2, 0.25) is 0 Å². The third kappa shape index (κ3) is 3.55. The van der Waals surface area contributed by atoms with Crippen LogP contribution in [0.25, 0.3) is 0 Å². The molecular weight excluding hydrogens is 278 g/mol. The highest BCUT2D eigenvalue weighted by molar-refractivity contribution is 7.90. The summed E-state index contributed by atoms with van der Waals surface area (Å²) in [6.07, 6.45) is 2.06. The summed E-state index contributed by atoms with van der Waals surface area (Å²) in [6.45, 7) is 1.65. The summed E-state index contributed by atoms with van der Waals surface area (Å²) < 4.78 is 28.4. The third-order valence-electron chi connectivity index (χ3n) is 2.70. The van der Waals surface area contributed by atoms with Crippen molar-refractivity contribution in [1.82, 2.24) is 4.98 Å². The maximum absolute atomic E-state index is 11.5. The second-order valence-electron chi connectivity index (χ2n) is 4.45. The van der Waals surface area contributed by atoms with E-state index in [1.54, 1.807) is 31.2 Å². The predicted molar refractivity (Wildman–Crippen MR) is 74.5 cm³/mol. The molecule has 1 aromatic carbocycles. The standard InChI is InChI=1S/C14H15NO4S/c1-10(16)11-6-7-14(15-9-11)19-12-4-3-5-13(8-12)20(2,17)18/h3-10,16H,1-2H3/t10-/m0/s1. The molecule has 0 aliphatic carbocycles. The van der Waals surface area contributed by atoms with Crippen LogP contribution in [0.4, 0.5) is 0 Å². The number of aliphatic hydroxyl groups excluding tert-OH is 1. The molecule has 0 saturated carbocycles. The van der Waals surface area contributed by atoms with Crippen molar-refractivity contribution in [3.8, 4) is 11.6 Å². The van der Waals surface area contributed by atoms with E-state index in [0.717, 1.165) is 6.26 Å². The SMILES string of the molecule is C[C@H](O)c1ccc(Oc2cccc(S(C)(=O)=O)c2)nc1. The molecule has 0 aliphatic heterocycles. The van der Waals surface area contributed by atoms with Gasteiger partial charge >= 0.3 is 0 Å². The Bertz CT molecular complexity index is 693. The summed E-state index contributed by atoms with van der Waals surface area (Å²) in [4.78, 5) is 4.25. The van der Waals surface area contributed by atoms with Gasteiger partial charge in [0.1, 0.15) is 5.75 Å². The van der Waals surface area contributed by atoms with Gasteiger partial charge in [-0.15, -0.1) is 0 Å². The molecule has 0 unspecified atom stereocenters. The monoisotopic (exact) mass is 293 g/mol. The molecule has 6 heteroatoms. The number of sulfone groups is 1. The molecule has 0 bridgehead atoms. The molecule has 20 heavy (non-hydrogen) atoms. The zero-order valence-electron chi connectivity index (χ0n) is 11.1. The fourth-order valence-electron chi connectivity index (χ4n) is 1.59. The number of nitrogens with zero attached hydrogens (tertiary/aromatic N) is 1. The molecule has 0 radical (unpaired) electrons. The molecule has 1 N–H and O–H groups in total. The summed E-state index contributed by atoms with van der Waals surface area (Å²) >= 11 is 0. The Labute approximate surface area is 117 Å². The first kappa shape index (κ1) is 14.5. The van der Waals surface area contributed by atoms with Crippen molar-refractivity contribution < 1.29 is 18.3 Å². The number of aliphatic hydroxyl groups is 1. The lowest BCUT2D eigenvalue weighted by Gasteiger charge is -2.08. The third-order valence-corrected chi connectivity index (χ3v) is 3.81. The number of hydrogen-bond donors (Lipinski definition) is 1. The van der Waals surface area contributed by atoms with Gasteiger partial charge in [0.15, 0.2) is 9.84 Å². The Morgan fingerprint density at radius 3 is 2.55 bits per heavy atom. The van der Waals surface area contributed by atoms with Gasteiger partial charge in [0, 0.05) is 18.5 Å². The van der Waals surface area contributed by atoms with Gasteiger partial charge in [-0.05, 0) is 36.8 Å². The molecule has 0 fully saturated rings. The summed E-state index contributed by atoms with van der Waals surface area (Å²) in [5.74, 6) is 0.727. The first-order valence-corrected chi connectivity index (χ1v) is 7.87. The van der Waals surface area contributed by atoms with Crippen molar-refractivity contribution in [2.24, 2.45) is 0 Å². The normalized spacial score (nSPS) is 12.9. The molecule has 5 nitrogen and oxygen atoms in total. The van der Waals surface area contributed by atoms with Gasteiger partial charge in [-0.2, -0.15) is 0 Å². The van der Waals surface area contributed by atoms with Gasteiger partial charge in [-0.25, -0.2) is 13.4 Å².